The molecule has 1 aliphatic rings. The molecule has 0 spiro atoms. The second-order valence-electron chi connectivity index (χ2n) is 6.16. The van der Waals surface area contributed by atoms with Crippen LogP contribution in [0.4, 0.5) is 0 Å². The van der Waals surface area contributed by atoms with Gasteiger partial charge in [-0.1, -0.05) is 13.8 Å². The van der Waals surface area contributed by atoms with E-state index in [0.717, 1.165) is 48.6 Å². The SMILES string of the molecule is COc1cc([C@H](CC(C)C)N2CCNCC2)c(OC)cc1Br. The number of piperazine rings is 1. The number of methoxy groups -OCH3 is 2. The van der Waals surface area contributed by atoms with E-state index in [9.17, 15) is 0 Å². The van der Waals surface area contributed by atoms with Gasteiger partial charge in [-0.15, -0.1) is 0 Å². The number of hydrogen-bond donors (Lipinski definition) is 1. The van der Waals surface area contributed by atoms with Crippen LogP contribution in [0.1, 0.15) is 31.9 Å². The van der Waals surface area contributed by atoms with Crippen LogP contribution in [0.25, 0.3) is 0 Å². The molecule has 1 aliphatic heterocycles. The lowest BCUT2D eigenvalue weighted by atomic mass is 9.94. The molecule has 0 saturated carbocycles. The molecule has 1 N–H and O–H groups in total. The minimum absolute atomic E-state index is 0.360. The summed E-state index contributed by atoms with van der Waals surface area (Å²) in [4.78, 5) is 2.56. The Labute approximate surface area is 142 Å². The van der Waals surface area contributed by atoms with Gasteiger partial charge in [-0.05, 0) is 40.4 Å². The second kappa shape index (κ2) is 8.18. The van der Waals surface area contributed by atoms with Gasteiger partial charge in [-0.25, -0.2) is 0 Å². The zero-order chi connectivity index (χ0) is 16.1. The minimum Gasteiger partial charge on any atom is -0.496 e. The standard InChI is InChI=1S/C17H27BrN2O2/c1-12(2)9-15(20-7-5-19-6-8-20)13-10-17(22-4)14(18)11-16(13)21-3/h10-12,15,19H,5-9H2,1-4H3/t15-/m0/s1. The fourth-order valence-corrected chi connectivity index (χ4v) is 3.54. The first-order chi connectivity index (χ1) is 10.6. The van der Waals surface area contributed by atoms with Crippen LogP contribution in [0.3, 0.4) is 0 Å². The second-order valence-corrected chi connectivity index (χ2v) is 7.01. The lowest BCUT2D eigenvalue weighted by molar-refractivity contribution is 0.151. The zero-order valence-corrected chi connectivity index (χ0v) is 15.6. The molecular formula is C17H27BrN2O2. The summed E-state index contributed by atoms with van der Waals surface area (Å²) in [5.74, 6) is 2.41. The van der Waals surface area contributed by atoms with E-state index < -0.39 is 0 Å². The van der Waals surface area contributed by atoms with Crippen LogP contribution in [0.2, 0.25) is 0 Å². The molecule has 0 radical (unpaired) electrons. The Morgan fingerprint density at radius 1 is 1.14 bits per heavy atom. The molecule has 4 nitrogen and oxygen atoms in total. The van der Waals surface area contributed by atoms with Gasteiger partial charge in [0.15, 0.2) is 0 Å². The summed E-state index contributed by atoms with van der Waals surface area (Å²) < 4.78 is 12.1. The molecule has 1 aromatic carbocycles. The van der Waals surface area contributed by atoms with Crippen molar-refractivity contribution in [1.82, 2.24) is 10.2 Å². The first-order valence-corrected chi connectivity index (χ1v) is 8.72. The molecule has 1 saturated heterocycles. The molecule has 0 unspecified atom stereocenters. The van der Waals surface area contributed by atoms with Gasteiger partial charge in [0.25, 0.3) is 0 Å². The van der Waals surface area contributed by atoms with E-state index in [0.29, 0.717) is 12.0 Å². The number of benzene rings is 1. The molecule has 1 fully saturated rings. The minimum atomic E-state index is 0.360. The fourth-order valence-electron chi connectivity index (χ4n) is 3.06. The normalized spacial score (nSPS) is 17.5. The Kier molecular flexibility index (Phi) is 6.53. The van der Waals surface area contributed by atoms with E-state index in [1.165, 1.54) is 5.56 Å². The van der Waals surface area contributed by atoms with Gasteiger partial charge in [0.2, 0.25) is 0 Å². The topological polar surface area (TPSA) is 33.7 Å². The molecule has 1 atom stereocenters. The monoisotopic (exact) mass is 370 g/mol. The molecule has 0 bridgehead atoms. The van der Waals surface area contributed by atoms with Crippen LogP contribution < -0.4 is 14.8 Å². The first kappa shape index (κ1) is 17.6. The van der Waals surface area contributed by atoms with Crippen molar-refractivity contribution in [2.75, 3.05) is 40.4 Å². The zero-order valence-electron chi connectivity index (χ0n) is 14.0. The van der Waals surface area contributed by atoms with Crippen molar-refractivity contribution in [3.63, 3.8) is 0 Å². The molecule has 1 heterocycles. The van der Waals surface area contributed by atoms with Gasteiger partial charge in [-0.2, -0.15) is 0 Å². The van der Waals surface area contributed by atoms with Crippen molar-refractivity contribution < 1.29 is 9.47 Å². The predicted octanol–water partition coefficient (Wildman–Crippen LogP) is 3.46. The molecule has 2 rings (SSSR count). The molecule has 124 valence electrons. The van der Waals surface area contributed by atoms with Crippen LogP contribution in [0, 0.1) is 5.92 Å². The maximum absolute atomic E-state index is 5.65. The highest BCUT2D eigenvalue weighted by Gasteiger charge is 2.26. The van der Waals surface area contributed by atoms with Crippen LogP contribution in [0.5, 0.6) is 11.5 Å². The first-order valence-electron chi connectivity index (χ1n) is 7.93. The maximum Gasteiger partial charge on any atom is 0.133 e. The Bertz CT molecular complexity index is 488. The number of nitrogens with one attached hydrogen (secondary N) is 1. The Morgan fingerprint density at radius 2 is 1.77 bits per heavy atom. The van der Waals surface area contributed by atoms with Crippen molar-refractivity contribution in [1.29, 1.82) is 0 Å². The highest BCUT2D eigenvalue weighted by molar-refractivity contribution is 9.10. The van der Waals surface area contributed by atoms with Crippen molar-refractivity contribution in [2.24, 2.45) is 5.92 Å². The van der Waals surface area contributed by atoms with Crippen molar-refractivity contribution in [3.8, 4) is 11.5 Å². The lowest BCUT2D eigenvalue weighted by Gasteiger charge is -2.37. The van der Waals surface area contributed by atoms with Gasteiger partial charge in [0.05, 0.1) is 18.7 Å². The molecule has 22 heavy (non-hydrogen) atoms. The average Bonchev–Trinajstić information content (AvgIpc) is 2.53. The van der Waals surface area contributed by atoms with Gasteiger partial charge in [0, 0.05) is 37.8 Å². The van der Waals surface area contributed by atoms with Gasteiger partial charge >= 0.3 is 0 Å². The van der Waals surface area contributed by atoms with E-state index >= 15 is 0 Å². The average molecular weight is 371 g/mol. The van der Waals surface area contributed by atoms with Crippen LogP contribution in [-0.2, 0) is 0 Å². The van der Waals surface area contributed by atoms with Gasteiger partial charge in [0.1, 0.15) is 11.5 Å². The van der Waals surface area contributed by atoms with Gasteiger partial charge in [-0.3, -0.25) is 4.90 Å². The smallest absolute Gasteiger partial charge is 0.133 e. The molecule has 0 amide bonds. The number of hydrogen-bond acceptors (Lipinski definition) is 4. The lowest BCUT2D eigenvalue weighted by Crippen LogP contribution is -2.45. The summed E-state index contributed by atoms with van der Waals surface area (Å²) >= 11 is 3.55. The highest BCUT2D eigenvalue weighted by atomic mass is 79.9. The van der Waals surface area contributed by atoms with Gasteiger partial charge < -0.3 is 14.8 Å². The molecule has 0 aliphatic carbocycles. The Morgan fingerprint density at radius 3 is 2.32 bits per heavy atom. The van der Waals surface area contributed by atoms with E-state index in [1.54, 1.807) is 14.2 Å². The quantitative estimate of drug-likeness (QED) is 0.831. The highest BCUT2D eigenvalue weighted by Crippen LogP contribution is 2.40. The van der Waals surface area contributed by atoms with Crippen LogP contribution in [-0.4, -0.2) is 45.3 Å². The van der Waals surface area contributed by atoms with Crippen LogP contribution in [0.15, 0.2) is 16.6 Å². The largest absolute Gasteiger partial charge is 0.496 e. The fraction of sp³-hybridized carbons (Fsp3) is 0.647. The molecule has 0 aromatic heterocycles. The summed E-state index contributed by atoms with van der Waals surface area (Å²) in [5, 5.41) is 3.43. The third-order valence-corrected chi connectivity index (χ3v) is 4.77. The molecule has 5 heteroatoms. The number of nitrogens with zero attached hydrogens (tertiary/aromatic N) is 1. The molecular weight excluding hydrogens is 344 g/mol. The predicted molar refractivity (Wildman–Crippen MR) is 93.9 cm³/mol. The summed E-state index contributed by atoms with van der Waals surface area (Å²) in [7, 11) is 3.44. The Balaban J connectivity index is 2.40. The van der Waals surface area contributed by atoms with Crippen molar-refractivity contribution >= 4 is 15.9 Å². The maximum atomic E-state index is 5.65. The van der Waals surface area contributed by atoms with E-state index in [1.807, 2.05) is 6.07 Å². The van der Waals surface area contributed by atoms with E-state index in [-0.39, 0.29) is 0 Å². The van der Waals surface area contributed by atoms with E-state index in [2.05, 4.69) is 46.1 Å². The third kappa shape index (κ3) is 4.15. The summed E-state index contributed by atoms with van der Waals surface area (Å²) in [6.07, 6.45) is 1.11. The number of rotatable bonds is 6. The van der Waals surface area contributed by atoms with E-state index in [4.69, 9.17) is 9.47 Å². The number of ether oxygens (including phenoxy) is 2. The van der Waals surface area contributed by atoms with Crippen molar-refractivity contribution in [3.05, 3.63) is 22.2 Å². The van der Waals surface area contributed by atoms with Crippen LogP contribution >= 0.6 is 15.9 Å². The summed E-state index contributed by atoms with van der Waals surface area (Å²) in [6.45, 7) is 8.78. The summed E-state index contributed by atoms with van der Waals surface area (Å²) in [6, 6.07) is 4.50. The number of halogens is 1. The van der Waals surface area contributed by atoms with Crippen molar-refractivity contribution in [2.45, 2.75) is 26.3 Å². The third-order valence-electron chi connectivity index (χ3n) is 4.15. The molecule has 1 aromatic rings. The summed E-state index contributed by atoms with van der Waals surface area (Å²) in [5.41, 5.74) is 1.22. The Hall–Kier alpha value is -0.780.